The molecule has 0 aromatic carbocycles. The van der Waals surface area contributed by atoms with Crippen molar-refractivity contribution in [1.82, 2.24) is 5.43 Å². The van der Waals surface area contributed by atoms with Crippen LogP contribution in [0.25, 0.3) is 0 Å². The van der Waals surface area contributed by atoms with Crippen LogP contribution < -0.4 is 11.3 Å². The molecular weight excluding hydrogens is 148 g/mol. The van der Waals surface area contributed by atoms with Crippen LogP contribution in [0.5, 0.6) is 0 Å². The van der Waals surface area contributed by atoms with Crippen molar-refractivity contribution in [2.24, 2.45) is 17.7 Å². The van der Waals surface area contributed by atoms with Gasteiger partial charge in [0.05, 0.1) is 6.04 Å². The van der Waals surface area contributed by atoms with Crippen LogP contribution in [0.4, 0.5) is 0 Å². The largest absolute Gasteiger partial charge is 0.270 e. The van der Waals surface area contributed by atoms with E-state index in [-0.39, 0.29) is 6.04 Å². The molecule has 1 aliphatic carbocycles. The van der Waals surface area contributed by atoms with Gasteiger partial charge in [-0.3, -0.25) is 5.84 Å². The summed E-state index contributed by atoms with van der Waals surface area (Å²) in [7, 11) is 0. The van der Waals surface area contributed by atoms with Crippen molar-refractivity contribution in [1.29, 1.82) is 0 Å². The van der Waals surface area contributed by atoms with Gasteiger partial charge in [-0.05, 0) is 24.7 Å². The van der Waals surface area contributed by atoms with E-state index in [1.165, 1.54) is 25.7 Å². The highest BCUT2D eigenvalue weighted by Gasteiger charge is 2.23. The Labute approximate surface area is 74.9 Å². The van der Waals surface area contributed by atoms with Gasteiger partial charge in [0.1, 0.15) is 0 Å². The fraction of sp³-hybridized carbons (Fsp3) is 0.800. The molecule has 68 valence electrons. The summed E-state index contributed by atoms with van der Waals surface area (Å²) < 4.78 is 0. The summed E-state index contributed by atoms with van der Waals surface area (Å²) in [5.41, 5.74) is 2.70. The van der Waals surface area contributed by atoms with Crippen LogP contribution in [-0.4, -0.2) is 6.04 Å². The molecular formula is C10H18N2. The van der Waals surface area contributed by atoms with Crippen LogP contribution in [0.2, 0.25) is 0 Å². The van der Waals surface area contributed by atoms with Gasteiger partial charge in [-0.25, -0.2) is 5.43 Å². The minimum atomic E-state index is 0.0810. The molecule has 0 bridgehead atoms. The lowest BCUT2D eigenvalue weighted by atomic mass is 9.79. The number of terminal acetylenes is 1. The Morgan fingerprint density at radius 2 is 2.00 bits per heavy atom. The third kappa shape index (κ3) is 2.23. The Balaban J connectivity index is 2.39. The van der Waals surface area contributed by atoms with Gasteiger partial charge in [0.15, 0.2) is 0 Å². The number of hydrogen-bond donors (Lipinski definition) is 2. The third-order valence-electron chi connectivity index (χ3n) is 2.89. The number of nitrogens with two attached hydrogens (primary N) is 1. The van der Waals surface area contributed by atoms with Gasteiger partial charge in [-0.15, -0.1) is 6.42 Å². The first-order chi connectivity index (χ1) is 5.77. The minimum Gasteiger partial charge on any atom is -0.270 e. The van der Waals surface area contributed by atoms with Crippen LogP contribution in [-0.2, 0) is 0 Å². The zero-order chi connectivity index (χ0) is 8.97. The monoisotopic (exact) mass is 166 g/mol. The Morgan fingerprint density at radius 1 is 1.42 bits per heavy atom. The Morgan fingerprint density at radius 3 is 2.42 bits per heavy atom. The molecule has 0 aromatic rings. The summed E-state index contributed by atoms with van der Waals surface area (Å²) in [5.74, 6) is 9.52. The average Bonchev–Trinajstić information content (AvgIpc) is 2.10. The van der Waals surface area contributed by atoms with Crippen molar-refractivity contribution >= 4 is 0 Å². The maximum Gasteiger partial charge on any atom is 0.0842 e. The molecule has 1 unspecified atom stereocenters. The predicted molar refractivity (Wildman–Crippen MR) is 51.1 cm³/mol. The highest BCUT2D eigenvalue weighted by Crippen LogP contribution is 2.29. The molecule has 0 spiro atoms. The molecule has 1 aliphatic rings. The van der Waals surface area contributed by atoms with Crippen LogP contribution in [0.3, 0.4) is 0 Å². The van der Waals surface area contributed by atoms with E-state index in [9.17, 15) is 0 Å². The van der Waals surface area contributed by atoms with Gasteiger partial charge in [0.25, 0.3) is 0 Å². The van der Waals surface area contributed by atoms with Gasteiger partial charge in [-0.2, -0.15) is 0 Å². The standard InChI is InChI=1S/C10H18N2/c1-3-10(12-11)9-6-4-8(2)5-7-9/h1,8-10,12H,4-7,11H2,2H3. The first kappa shape index (κ1) is 9.57. The number of hydrogen-bond acceptors (Lipinski definition) is 2. The van der Waals surface area contributed by atoms with E-state index >= 15 is 0 Å². The van der Waals surface area contributed by atoms with Gasteiger partial charge in [0.2, 0.25) is 0 Å². The molecule has 12 heavy (non-hydrogen) atoms. The SMILES string of the molecule is C#CC(NN)C1CCC(C)CC1. The zero-order valence-corrected chi connectivity index (χ0v) is 7.72. The molecule has 1 fully saturated rings. The first-order valence-electron chi connectivity index (χ1n) is 4.70. The number of rotatable bonds is 2. The van der Waals surface area contributed by atoms with E-state index in [2.05, 4.69) is 18.3 Å². The molecule has 0 aliphatic heterocycles. The molecule has 0 amide bonds. The molecule has 0 saturated heterocycles. The van der Waals surface area contributed by atoms with Crippen molar-refractivity contribution in [3.63, 3.8) is 0 Å². The lowest BCUT2D eigenvalue weighted by Crippen LogP contribution is -2.41. The number of nitrogens with one attached hydrogen (secondary N) is 1. The van der Waals surface area contributed by atoms with Crippen molar-refractivity contribution in [3.05, 3.63) is 0 Å². The summed E-state index contributed by atoms with van der Waals surface area (Å²) in [4.78, 5) is 0. The smallest absolute Gasteiger partial charge is 0.0842 e. The zero-order valence-electron chi connectivity index (χ0n) is 7.72. The average molecular weight is 166 g/mol. The van der Waals surface area contributed by atoms with Gasteiger partial charge >= 0.3 is 0 Å². The van der Waals surface area contributed by atoms with Crippen LogP contribution in [0, 0.1) is 24.2 Å². The van der Waals surface area contributed by atoms with Gasteiger partial charge in [0, 0.05) is 0 Å². The van der Waals surface area contributed by atoms with Gasteiger partial charge < -0.3 is 0 Å². The second-order valence-electron chi connectivity index (χ2n) is 3.83. The van der Waals surface area contributed by atoms with Crippen LogP contribution in [0.1, 0.15) is 32.6 Å². The van der Waals surface area contributed by atoms with Crippen molar-refractivity contribution in [3.8, 4) is 12.3 Å². The van der Waals surface area contributed by atoms with E-state index in [4.69, 9.17) is 12.3 Å². The second-order valence-corrected chi connectivity index (χ2v) is 3.83. The molecule has 1 atom stereocenters. The van der Waals surface area contributed by atoms with Crippen LogP contribution in [0.15, 0.2) is 0 Å². The molecule has 0 aromatic heterocycles. The summed E-state index contributed by atoms with van der Waals surface area (Å²) in [5, 5.41) is 0. The maximum atomic E-state index is 5.36. The van der Waals surface area contributed by atoms with Crippen LogP contribution >= 0.6 is 0 Å². The number of hydrazine groups is 1. The quantitative estimate of drug-likeness (QED) is 0.368. The van der Waals surface area contributed by atoms with Crippen molar-refractivity contribution in [2.75, 3.05) is 0 Å². The first-order valence-corrected chi connectivity index (χ1v) is 4.70. The summed E-state index contributed by atoms with van der Waals surface area (Å²) in [6, 6.07) is 0.0810. The maximum absolute atomic E-state index is 5.36. The Kier molecular flexibility index (Phi) is 3.58. The molecule has 1 saturated carbocycles. The second kappa shape index (κ2) is 4.49. The van der Waals surface area contributed by atoms with Crippen molar-refractivity contribution in [2.45, 2.75) is 38.6 Å². The molecule has 2 nitrogen and oxygen atoms in total. The lowest BCUT2D eigenvalue weighted by Gasteiger charge is -2.29. The Hall–Kier alpha value is -0.520. The molecule has 0 radical (unpaired) electrons. The Bertz CT molecular complexity index is 163. The van der Waals surface area contributed by atoms with E-state index in [0.717, 1.165) is 5.92 Å². The topological polar surface area (TPSA) is 38.0 Å². The van der Waals surface area contributed by atoms with Gasteiger partial charge in [-0.1, -0.05) is 25.7 Å². The molecule has 1 rings (SSSR count). The molecule has 3 N–H and O–H groups in total. The minimum absolute atomic E-state index is 0.0810. The lowest BCUT2D eigenvalue weighted by molar-refractivity contribution is 0.258. The predicted octanol–water partition coefficient (Wildman–Crippen LogP) is 1.28. The normalized spacial score (nSPS) is 32.4. The fourth-order valence-electron chi connectivity index (χ4n) is 1.94. The highest BCUT2D eigenvalue weighted by molar-refractivity contribution is 5.01. The van der Waals surface area contributed by atoms with E-state index in [1.54, 1.807) is 0 Å². The highest BCUT2D eigenvalue weighted by atomic mass is 15.2. The van der Waals surface area contributed by atoms with E-state index in [0.29, 0.717) is 5.92 Å². The summed E-state index contributed by atoms with van der Waals surface area (Å²) in [6.07, 6.45) is 10.4. The summed E-state index contributed by atoms with van der Waals surface area (Å²) >= 11 is 0. The summed E-state index contributed by atoms with van der Waals surface area (Å²) in [6.45, 7) is 2.30. The van der Waals surface area contributed by atoms with E-state index < -0.39 is 0 Å². The molecule has 2 heteroatoms. The van der Waals surface area contributed by atoms with E-state index in [1.807, 2.05) is 0 Å². The van der Waals surface area contributed by atoms with Crippen molar-refractivity contribution < 1.29 is 0 Å². The molecule has 0 heterocycles. The third-order valence-corrected chi connectivity index (χ3v) is 2.89. The fourth-order valence-corrected chi connectivity index (χ4v) is 1.94.